The molecule has 0 aliphatic rings. The molecule has 5 heteroatoms. The van der Waals surface area contributed by atoms with E-state index in [0.717, 1.165) is 0 Å². The summed E-state index contributed by atoms with van der Waals surface area (Å²) in [4.78, 5) is 11.0. The van der Waals surface area contributed by atoms with E-state index >= 15 is 0 Å². The van der Waals surface area contributed by atoms with Gasteiger partial charge in [-0.1, -0.05) is 36.4 Å². The van der Waals surface area contributed by atoms with E-state index in [9.17, 15) is 13.6 Å². The lowest BCUT2D eigenvalue weighted by atomic mass is 9.95. The van der Waals surface area contributed by atoms with Crippen LogP contribution < -0.4 is 0 Å². The largest absolute Gasteiger partial charge is 0.462 e. The number of hydrogen-bond acceptors (Lipinski definition) is 2. The average molecular weight is 334 g/mol. The maximum atomic E-state index is 13.4. The summed E-state index contributed by atoms with van der Waals surface area (Å²) in [5.41, 5.74) is 0. The summed E-state index contributed by atoms with van der Waals surface area (Å²) in [6.45, 7) is 5.19. The summed E-state index contributed by atoms with van der Waals surface area (Å²) in [5, 5.41) is 0. The highest BCUT2D eigenvalue weighted by Crippen LogP contribution is 2.38. The van der Waals surface area contributed by atoms with Crippen LogP contribution in [0.4, 0.5) is 8.78 Å². The van der Waals surface area contributed by atoms with Gasteiger partial charge in [0.2, 0.25) is 0 Å². The van der Waals surface area contributed by atoms with Crippen LogP contribution >= 0.6 is 22.6 Å². The van der Waals surface area contributed by atoms with Crippen LogP contribution in [0, 0.1) is 0 Å². The minimum Gasteiger partial charge on any atom is -0.462 e. The van der Waals surface area contributed by atoms with E-state index in [1.54, 1.807) is 0 Å². The van der Waals surface area contributed by atoms with E-state index in [2.05, 4.69) is 4.74 Å². The molecule has 0 aromatic rings. The first-order valence-electron chi connectivity index (χ1n) is 5.05. The number of carbonyl (C=O) groups is 1. The van der Waals surface area contributed by atoms with Gasteiger partial charge in [-0.3, -0.25) is 0 Å². The maximum absolute atomic E-state index is 13.4. The van der Waals surface area contributed by atoms with Crippen LogP contribution in [0.2, 0.25) is 0 Å². The minimum atomic E-state index is -3.37. The lowest BCUT2D eigenvalue weighted by Gasteiger charge is -2.28. The van der Waals surface area contributed by atoms with E-state index in [0.29, 0.717) is 12.8 Å². The van der Waals surface area contributed by atoms with Crippen molar-refractivity contribution in [3.63, 3.8) is 0 Å². The second kappa shape index (κ2) is 5.96. The Morgan fingerprint density at radius 3 is 2.07 bits per heavy atom. The fraction of sp³-hybridized carbons (Fsp3) is 0.900. The smallest absolute Gasteiger partial charge is 0.377 e. The molecule has 0 saturated heterocycles. The molecule has 0 aliphatic carbocycles. The third-order valence-corrected chi connectivity index (χ3v) is 4.29. The van der Waals surface area contributed by atoms with Gasteiger partial charge in [-0.25, -0.2) is 4.79 Å². The van der Waals surface area contributed by atoms with Crippen molar-refractivity contribution in [3.05, 3.63) is 0 Å². The molecule has 0 bridgehead atoms. The molecule has 0 rings (SSSR count). The van der Waals surface area contributed by atoms with Crippen LogP contribution in [0.5, 0.6) is 0 Å². The molecule has 0 atom stereocenters. The predicted molar refractivity (Wildman–Crippen MR) is 63.5 cm³/mol. The van der Waals surface area contributed by atoms with Gasteiger partial charge in [-0.05, 0) is 19.8 Å². The van der Waals surface area contributed by atoms with Crippen molar-refractivity contribution in [2.75, 3.05) is 6.61 Å². The zero-order valence-corrected chi connectivity index (χ0v) is 11.4. The summed E-state index contributed by atoms with van der Waals surface area (Å²) in [5.74, 6) is -4.78. The predicted octanol–water partition coefficient (Wildman–Crippen LogP) is 3.57. The van der Waals surface area contributed by atoms with E-state index in [-0.39, 0.29) is 6.61 Å². The van der Waals surface area contributed by atoms with Crippen molar-refractivity contribution in [1.29, 1.82) is 0 Å². The first kappa shape index (κ1) is 15.1. The normalized spacial score (nSPS) is 12.7. The van der Waals surface area contributed by atoms with Crippen molar-refractivity contribution < 1.29 is 18.3 Å². The van der Waals surface area contributed by atoms with Gasteiger partial charge < -0.3 is 4.74 Å². The Bertz CT molecular complexity index is 215. The first-order chi connectivity index (χ1) is 6.81. The van der Waals surface area contributed by atoms with Crippen LogP contribution in [0.25, 0.3) is 0 Å². The Balaban J connectivity index is 4.54. The van der Waals surface area contributed by atoms with Crippen LogP contribution in [0.15, 0.2) is 0 Å². The molecule has 2 nitrogen and oxygen atoms in total. The van der Waals surface area contributed by atoms with E-state index in [1.165, 1.54) is 6.92 Å². The zero-order valence-electron chi connectivity index (χ0n) is 9.28. The molecule has 0 saturated carbocycles. The first-order valence-corrected chi connectivity index (χ1v) is 6.13. The zero-order chi connectivity index (χ0) is 12.1. The average Bonchev–Trinajstić information content (AvgIpc) is 2.17. The summed E-state index contributed by atoms with van der Waals surface area (Å²) < 4.78 is 30.6. The number of esters is 1. The lowest BCUT2D eigenvalue weighted by molar-refractivity contribution is -0.173. The summed E-state index contributed by atoms with van der Waals surface area (Å²) in [6, 6.07) is 0. The third-order valence-electron chi connectivity index (χ3n) is 2.38. The molecule has 90 valence electrons. The van der Waals surface area contributed by atoms with Crippen molar-refractivity contribution in [2.45, 2.75) is 49.4 Å². The minimum absolute atomic E-state index is 0.0130. The van der Waals surface area contributed by atoms with E-state index in [1.807, 2.05) is 36.4 Å². The molecule has 0 fully saturated rings. The van der Waals surface area contributed by atoms with Crippen molar-refractivity contribution in [1.82, 2.24) is 0 Å². The fourth-order valence-electron chi connectivity index (χ4n) is 1.21. The van der Waals surface area contributed by atoms with Gasteiger partial charge in [0.25, 0.3) is 0 Å². The van der Waals surface area contributed by atoms with Crippen LogP contribution in [0.1, 0.15) is 40.0 Å². The van der Waals surface area contributed by atoms with Gasteiger partial charge in [0, 0.05) is 9.84 Å². The number of ether oxygens (including phenoxy) is 1. The summed E-state index contributed by atoms with van der Waals surface area (Å²) in [6.07, 6.45) is 0.768. The van der Waals surface area contributed by atoms with Crippen LogP contribution in [-0.4, -0.2) is 21.9 Å². The molecule has 0 N–H and O–H groups in total. The third kappa shape index (κ3) is 4.61. The molecular weight excluding hydrogens is 317 g/mol. The molecule has 0 heterocycles. The molecular formula is C10H17F2IO2. The van der Waals surface area contributed by atoms with E-state index in [4.69, 9.17) is 0 Å². The monoisotopic (exact) mass is 334 g/mol. The molecule has 0 aliphatic heterocycles. The highest BCUT2D eigenvalue weighted by Gasteiger charge is 2.46. The van der Waals surface area contributed by atoms with Gasteiger partial charge in [-0.15, -0.1) is 0 Å². The number of rotatable bonds is 6. The molecule has 0 spiro atoms. The Labute approximate surface area is 103 Å². The Hall–Kier alpha value is 0.0600. The lowest BCUT2D eigenvalue weighted by Crippen LogP contribution is -2.38. The topological polar surface area (TPSA) is 26.3 Å². The van der Waals surface area contributed by atoms with Gasteiger partial charge in [0.15, 0.2) is 0 Å². The van der Waals surface area contributed by atoms with Crippen molar-refractivity contribution in [2.24, 2.45) is 0 Å². The number of hydrogen-bond donors (Lipinski definition) is 0. The van der Waals surface area contributed by atoms with E-state index < -0.39 is 21.7 Å². The second-order valence-electron chi connectivity index (χ2n) is 3.46. The van der Waals surface area contributed by atoms with Crippen molar-refractivity contribution in [3.8, 4) is 0 Å². The second-order valence-corrected chi connectivity index (χ2v) is 5.75. The van der Waals surface area contributed by atoms with Gasteiger partial charge >= 0.3 is 11.9 Å². The molecule has 0 unspecified atom stereocenters. The molecule has 0 aromatic carbocycles. The molecule has 0 radical (unpaired) electrons. The Kier molecular flexibility index (Phi) is 5.98. The fourth-order valence-corrected chi connectivity index (χ4v) is 1.69. The highest BCUT2D eigenvalue weighted by molar-refractivity contribution is 14.1. The van der Waals surface area contributed by atoms with Gasteiger partial charge in [0.05, 0.1) is 6.61 Å². The molecule has 0 amide bonds. The summed E-state index contributed by atoms with van der Waals surface area (Å²) in [7, 11) is 0. The number of halogens is 3. The van der Waals surface area contributed by atoms with Crippen LogP contribution in [-0.2, 0) is 9.53 Å². The number of alkyl halides is 3. The van der Waals surface area contributed by atoms with Gasteiger partial charge in [-0.2, -0.15) is 8.78 Å². The standard InChI is InChI=1S/C10H17F2IO2/c1-4-9(13,5-2)7-10(11,12)8(14)15-6-3/h4-7H2,1-3H3. The molecule has 15 heavy (non-hydrogen) atoms. The highest BCUT2D eigenvalue weighted by atomic mass is 127. The Morgan fingerprint density at radius 1 is 1.27 bits per heavy atom. The van der Waals surface area contributed by atoms with Gasteiger partial charge in [0.1, 0.15) is 0 Å². The SMILES string of the molecule is CCOC(=O)C(F)(F)CC(I)(CC)CC. The summed E-state index contributed by atoms with van der Waals surface area (Å²) >= 11 is 2.00. The van der Waals surface area contributed by atoms with Crippen LogP contribution in [0.3, 0.4) is 0 Å². The number of carbonyl (C=O) groups excluding carboxylic acids is 1. The van der Waals surface area contributed by atoms with Crippen molar-refractivity contribution >= 4 is 28.6 Å². The maximum Gasteiger partial charge on any atom is 0.377 e. The molecule has 0 aromatic heterocycles. The Morgan fingerprint density at radius 2 is 1.73 bits per heavy atom. The quantitative estimate of drug-likeness (QED) is 0.422.